The number of esters is 1. The number of imidazole rings is 1. The summed E-state index contributed by atoms with van der Waals surface area (Å²) in [5.41, 5.74) is 7.88. The number of rotatable bonds is 8. The van der Waals surface area contributed by atoms with Gasteiger partial charge in [-0.05, 0) is 12.0 Å². The Morgan fingerprint density at radius 3 is 2.81 bits per heavy atom. The standard InChI is InChI=1S/C21H25N5O5S/c1-2-6-14(28)31-17-16(29)13(9-27)30-20(17)26-19-15(18(22)23-11-24-19)25-21(26)32-10-12-7-4-3-5-8-12/h3-5,7-8,11,13,16-17,20,27,29H,2,6,9-10H2,1H3,(H2,22,23,24)/t13-,16-,17-,20-/m1/s1. The van der Waals surface area contributed by atoms with Crippen molar-refractivity contribution in [3.05, 3.63) is 42.2 Å². The lowest BCUT2D eigenvalue weighted by atomic mass is 10.1. The number of nitrogens with two attached hydrogens (primary N) is 1. The molecule has 1 saturated heterocycles. The highest BCUT2D eigenvalue weighted by Crippen LogP contribution is 2.38. The molecular formula is C21H25N5O5S. The number of nitrogen functional groups attached to an aromatic ring is 1. The van der Waals surface area contributed by atoms with E-state index in [0.717, 1.165) is 5.56 Å². The third-order valence-electron chi connectivity index (χ3n) is 5.15. The molecule has 32 heavy (non-hydrogen) atoms. The van der Waals surface area contributed by atoms with Gasteiger partial charge in [0.2, 0.25) is 0 Å². The highest BCUT2D eigenvalue weighted by atomic mass is 32.2. The minimum atomic E-state index is -1.21. The molecule has 1 aliphatic heterocycles. The van der Waals surface area contributed by atoms with Gasteiger partial charge >= 0.3 is 5.97 Å². The highest BCUT2D eigenvalue weighted by Gasteiger charge is 2.48. The van der Waals surface area contributed by atoms with Crippen LogP contribution >= 0.6 is 11.8 Å². The molecule has 3 heterocycles. The largest absolute Gasteiger partial charge is 0.455 e. The molecule has 1 aliphatic rings. The van der Waals surface area contributed by atoms with Crippen molar-refractivity contribution in [2.75, 3.05) is 12.3 Å². The molecule has 11 heteroatoms. The van der Waals surface area contributed by atoms with Crippen molar-refractivity contribution in [2.45, 2.75) is 55.2 Å². The molecule has 0 unspecified atom stereocenters. The predicted molar refractivity (Wildman–Crippen MR) is 118 cm³/mol. The third kappa shape index (κ3) is 4.42. The number of hydrogen-bond donors (Lipinski definition) is 3. The van der Waals surface area contributed by atoms with E-state index < -0.39 is 37.1 Å². The summed E-state index contributed by atoms with van der Waals surface area (Å²) in [5.74, 6) is 0.351. The lowest BCUT2D eigenvalue weighted by Crippen LogP contribution is -2.37. The van der Waals surface area contributed by atoms with Gasteiger partial charge in [0.25, 0.3) is 0 Å². The normalized spacial score (nSPS) is 23.0. The number of ether oxygens (including phenoxy) is 2. The van der Waals surface area contributed by atoms with E-state index in [-0.39, 0.29) is 12.2 Å². The van der Waals surface area contributed by atoms with Crippen LogP contribution in [0.3, 0.4) is 0 Å². The van der Waals surface area contributed by atoms with Gasteiger partial charge in [-0.15, -0.1) is 0 Å². The molecule has 4 N–H and O–H groups in total. The smallest absolute Gasteiger partial charge is 0.306 e. The zero-order chi connectivity index (χ0) is 22.7. The number of carbonyl (C=O) groups excluding carboxylic acids is 1. The molecule has 3 aromatic rings. The molecule has 0 aliphatic carbocycles. The fourth-order valence-electron chi connectivity index (χ4n) is 3.58. The number of fused-ring (bicyclic) bond motifs is 1. The van der Waals surface area contributed by atoms with Crippen molar-refractivity contribution in [3.8, 4) is 0 Å². The maximum absolute atomic E-state index is 12.2. The SMILES string of the molecule is CCCC(=O)O[C@@H]1[C@H](O)[C@@H](CO)O[C@H]1n1c(SCc2ccccc2)nc2c(N)ncnc21. The second-order valence-electron chi connectivity index (χ2n) is 7.41. The quantitative estimate of drug-likeness (QED) is 0.336. The first-order chi connectivity index (χ1) is 15.5. The summed E-state index contributed by atoms with van der Waals surface area (Å²) in [6, 6.07) is 9.85. The number of hydrogen-bond acceptors (Lipinski definition) is 10. The van der Waals surface area contributed by atoms with Crippen molar-refractivity contribution in [2.24, 2.45) is 0 Å². The monoisotopic (exact) mass is 459 g/mol. The van der Waals surface area contributed by atoms with Gasteiger partial charge in [0, 0.05) is 12.2 Å². The van der Waals surface area contributed by atoms with Crippen molar-refractivity contribution in [1.82, 2.24) is 19.5 Å². The van der Waals surface area contributed by atoms with Crippen molar-refractivity contribution in [1.29, 1.82) is 0 Å². The first-order valence-electron chi connectivity index (χ1n) is 10.3. The second-order valence-corrected chi connectivity index (χ2v) is 8.36. The maximum atomic E-state index is 12.2. The van der Waals surface area contributed by atoms with Crippen LogP contribution in [0.5, 0.6) is 0 Å². The van der Waals surface area contributed by atoms with Gasteiger partial charge in [0.1, 0.15) is 18.5 Å². The van der Waals surface area contributed by atoms with Crippen LogP contribution in [0.1, 0.15) is 31.6 Å². The fourth-order valence-corrected chi connectivity index (χ4v) is 4.55. The van der Waals surface area contributed by atoms with E-state index in [1.807, 2.05) is 37.3 Å². The van der Waals surface area contributed by atoms with Crippen molar-refractivity contribution in [3.63, 3.8) is 0 Å². The van der Waals surface area contributed by atoms with Crippen LogP contribution in [0.25, 0.3) is 11.2 Å². The van der Waals surface area contributed by atoms with Gasteiger partial charge in [-0.2, -0.15) is 0 Å². The topological polar surface area (TPSA) is 146 Å². The molecule has 170 valence electrons. The number of aromatic nitrogens is 4. The van der Waals surface area contributed by atoms with E-state index in [0.29, 0.717) is 28.5 Å². The fraction of sp³-hybridized carbons (Fsp3) is 0.429. The molecule has 10 nitrogen and oxygen atoms in total. The Bertz CT molecular complexity index is 1080. The van der Waals surface area contributed by atoms with Gasteiger partial charge in [-0.25, -0.2) is 15.0 Å². The van der Waals surface area contributed by atoms with E-state index in [9.17, 15) is 15.0 Å². The first kappa shape index (κ1) is 22.5. The third-order valence-corrected chi connectivity index (χ3v) is 6.18. The lowest BCUT2D eigenvalue weighted by molar-refractivity contribution is -0.158. The summed E-state index contributed by atoms with van der Waals surface area (Å²) in [6.45, 7) is 1.42. The Labute approximate surface area is 188 Å². The molecule has 0 radical (unpaired) electrons. The summed E-state index contributed by atoms with van der Waals surface area (Å²) >= 11 is 1.43. The molecule has 0 saturated carbocycles. The number of nitrogens with zero attached hydrogens (tertiary/aromatic N) is 4. The van der Waals surface area contributed by atoms with Crippen molar-refractivity contribution < 1.29 is 24.5 Å². The van der Waals surface area contributed by atoms with Gasteiger partial charge in [-0.3, -0.25) is 9.36 Å². The van der Waals surface area contributed by atoms with Crippen LogP contribution in [0.15, 0.2) is 41.8 Å². The summed E-state index contributed by atoms with van der Waals surface area (Å²) in [6.07, 6.45) is -2.01. The average Bonchev–Trinajstić information content (AvgIpc) is 3.31. The molecule has 0 bridgehead atoms. The number of aliphatic hydroxyl groups excluding tert-OH is 2. The van der Waals surface area contributed by atoms with Gasteiger partial charge in [0.15, 0.2) is 34.5 Å². The molecule has 1 fully saturated rings. The Kier molecular flexibility index (Phi) is 6.89. The Hall–Kier alpha value is -2.73. The summed E-state index contributed by atoms with van der Waals surface area (Å²) < 4.78 is 13.2. The van der Waals surface area contributed by atoms with Gasteiger partial charge in [-0.1, -0.05) is 49.0 Å². The summed E-state index contributed by atoms with van der Waals surface area (Å²) in [7, 11) is 0. The van der Waals surface area contributed by atoms with Crippen LogP contribution in [0, 0.1) is 0 Å². The van der Waals surface area contributed by atoms with E-state index in [2.05, 4.69) is 15.0 Å². The van der Waals surface area contributed by atoms with Gasteiger partial charge < -0.3 is 25.4 Å². The zero-order valence-corrected chi connectivity index (χ0v) is 18.3. The average molecular weight is 460 g/mol. The van der Waals surface area contributed by atoms with Gasteiger partial charge in [0.05, 0.1) is 6.61 Å². The molecule has 0 amide bonds. The van der Waals surface area contributed by atoms with Crippen LogP contribution < -0.4 is 5.73 Å². The van der Waals surface area contributed by atoms with Crippen molar-refractivity contribution >= 4 is 34.7 Å². The minimum Gasteiger partial charge on any atom is -0.455 e. The van der Waals surface area contributed by atoms with E-state index >= 15 is 0 Å². The van der Waals surface area contributed by atoms with E-state index in [4.69, 9.17) is 15.2 Å². The number of aliphatic hydroxyl groups is 2. The van der Waals surface area contributed by atoms with E-state index in [1.165, 1.54) is 18.1 Å². The zero-order valence-electron chi connectivity index (χ0n) is 17.5. The molecule has 1 aromatic carbocycles. The van der Waals surface area contributed by atoms with Crippen LogP contribution in [-0.2, 0) is 20.0 Å². The number of anilines is 1. The lowest BCUT2D eigenvalue weighted by Gasteiger charge is -2.23. The molecule has 4 atom stereocenters. The summed E-state index contributed by atoms with van der Waals surface area (Å²) in [5, 5.41) is 20.9. The van der Waals surface area contributed by atoms with E-state index in [1.54, 1.807) is 4.57 Å². The van der Waals surface area contributed by atoms with Crippen LogP contribution in [0.4, 0.5) is 5.82 Å². The minimum absolute atomic E-state index is 0.201. The molecular weight excluding hydrogens is 434 g/mol. The maximum Gasteiger partial charge on any atom is 0.306 e. The Morgan fingerprint density at radius 2 is 2.09 bits per heavy atom. The number of benzene rings is 1. The highest BCUT2D eigenvalue weighted by molar-refractivity contribution is 7.98. The summed E-state index contributed by atoms with van der Waals surface area (Å²) in [4.78, 5) is 25.2. The Balaban J connectivity index is 1.74. The molecule has 2 aromatic heterocycles. The van der Waals surface area contributed by atoms with Crippen LogP contribution in [-0.4, -0.2) is 60.6 Å². The van der Waals surface area contributed by atoms with Crippen LogP contribution in [0.2, 0.25) is 0 Å². The molecule has 4 rings (SSSR count). The second kappa shape index (κ2) is 9.82. The Morgan fingerprint density at radius 1 is 1.31 bits per heavy atom. The predicted octanol–water partition coefficient (Wildman–Crippen LogP) is 1.66. The molecule has 0 spiro atoms. The first-order valence-corrected chi connectivity index (χ1v) is 11.3. The number of thioether (sulfide) groups is 1. The number of carbonyl (C=O) groups is 1.